The molecule has 0 unspecified atom stereocenters. The Labute approximate surface area is 146 Å². The Morgan fingerprint density at radius 3 is 2.24 bits per heavy atom. The minimum atomic E-state index is -1.23. The van der Waals surface area contributed by atoms with Gasteiger partial charge in [0.25, 0.3) is 5.91 Å². The molecule has 25 heavy (non-hydrogen) atoms. The number of carbonyl (C=O) groups excluding carboxylic acids is 1. The summed E-state index contributed by atoms with van der Waals surface area (Å²) in [5, 5.41) is 13.1. The summed E-state index contributed by atoms with van der Waals surface area (Å²) in [6.45, 7) is 0. The smallest absolute Gasteiger partial charge is 0.330 e. The van der Waals surface area contributed by atoms with Crippen LogP contribution in [0, 0.1) is 11.8 Å². The Kier molecular flexibility index (Phi) is 3.83. The highest BCUT2D eigenvalue weighted by Crippen LogP contribution is 2.59. The second kappa shape index (κ2) is 6.03. The maximum absolute atomic E-state index is 12.8. The number of carboxylic acid groups (broad SMARTS) is 1. The van der Waals surface area contributed by atoms with Crippen molar-refractivity contribution in [3.8, 4) is 0 Å². The fourth-order valence-corrected chi connectivity index (χ4v) is 4.94. The van der Waals surface area contributed by atoms with Gasteiger partial charge in [-0.05, 0) is 48.8 Å². The van der Waals surface area contributed by atoms with Crippen LogP contribution < -0.4 is 5.32 Å². The summed E-state index contributed by atoms with van der Waals surface area (Å²) in [6.07, 6.45) is 2.75. The van der Waals surface area contributed by atoms with Crippen LogP contribution in [0.4, 0.5) is 0 Å². The minimum absolute atomic E-state index is 0.0205. The number of fused-ring (bicyclic) bond motifs is 2. The maximum atomic E-state index is 12.8. The van der Waals surface area contributed by atoms with Crippen LogP contribution >= 0.6 is 0 Å². The highest BCUT2D eigenvalue weighted by Gasteiger charge is 2.63. The van der Waals surface area contributed by atoms with Crippen molar-refractivity contribution in [1.82, 2.24) is 5.32 Å². The molecule has 2 aliphatic rings. The third kappa shape index (κ3) is 2.44. The molecule has 128 valence electrons. The van der Waals surface area contributed by atoms with Crippen LogP contribution in [-0.2, 0) is 4.79 Å². The molecule has 0 aliphatic heterocycles. The summed E-state index contributed by atoms with van der Waals surface area (Å²) in [6, 6.07) is 18.6. The molecule has 1 amide bonds. The van der Waals surface area contributed by atoms with Gasteiger partial charge < -0.3 is 10.4 Å². The number of amides is 1. The lowest BCUT2D eigenvalue weighted by Crippen LogP contribution is -2.61. The first-order valence-electron chi connectivity index (χ1n) is 8.79. The van der Waals surface area contributed by atoms with Crippen LogP contribution in [0.3, 0.4) is 0 Å². The molecule has 0 spiro atoms. The SMILES string of the molecule is O=C(N[C@@]1(C(=O)O)[C@@H]2CC[C@@H](C2)[C@H]1c1ccccc1)c1ccccc1. The molecule has 2 fully saturated rings. The van der Waals surface area contributed by atoms with Crippen molar-refractivity contribution in [2.24, 2.45) is 11.8 Å². The Hall–Kier alpha value is -2.62. The lowest BCUT2D eigenvalue weighted by molar-refractivity contribution is -0.147. The minimum Gasteiger partial charge on any atom is -0.479 e. The molecular formula is C21H21NO3. The van der Waals surface area contributed by atoms with E-state index in [0.717, 1.165) is 24.8 Å². The molecule has 2 saturated carbocycles. The van der Waals surface area contributed by atoms with E-state index in [1.165, 1.54) is 0 Å². The van der Waals surface area contributed by atoms with Crippen LogP contribution in [0.2, 0.25) is 0 Å². The van der Waals surface area contributed by atoms with Gasteiger partial charge in [0, 0.05) is 11.5 Å². The third-order valence-electron chi connectivity index (χ3n) is 5.95. The fraction of sp³-hybridized carbons (Fsp3) is 0.333. The van der Waals surface area contributed by atoms with E-state index in [1.54, 1.807) is 24.3 Å². The third-order valence-corrected chi connectivity index (χ3v) is 5.95. The Morgan fingerprint density at radius 1 is 0.960 bits per heavy atom. The largest absolute Gasteiger partial charge is 0.479 e. The van der Waals surface area contributed by atoms with Crippen molar-refractivity contribution in [3.05, 3.63) is 71.8 Å². The average Bonchev–Trinajstić information content (AvgIpc) is 3.23. The van der Waals surface area contributed by atoms with Crippen molar-refractivity contribution >= 4 is 11.9 Å². The van der Waals surface area contributed by atoms with Crippen molar-refractivity contribution in [3.63, 3.8) is 0 Å². The van der Waals surface area contributed by atoms with Gasteiger partial charge in [-0.25, -0.2) is 4.79 Å². The summed E-state index contributed by atoms with van der Waals surface area (Å²) in [5.41, 5.74) is 0.278. The molecule has 2 aromatic carbocycles. The van der Waals surface area contributed by atoms with E-state index in [2.05, 4.69) is 5.32 Å². The second-order valence-corrected chi connectivity index (χ2v) is 7.15. The maximum Gasteiger partial charge on any atom is 0.330 e. The Morgan fingerprint density at radius 2 is 1.60 bits per heavy atom. The van der Waals surface area contributed by atoms with Crippen LogP contribution in [0.15, 0.2) is 60.7 Å². The molecule has 4 rings (SSSR count). The molecule has 2 aromatic rings. The van der Waals surface area contributed by atoms with E-state index in [-0.39, 0.29) is 17.7 Å². The summed E-state index contributed by atoms with van der Waals surface area (Å²) in [7, 11) is 0. The Balaban J connectivity index is 1.75. The van der Waals surface area contributed by atoms with Gasteiger partial charge in [0.15, 0.2) is 0 Å². The van der Waals surface area contributed by atoms with Crippen molar-refractivity contribution in [2.75, 3.05) is 0 Å². The molecule has 4 nitrogen and oxygen atoms in total. The van der Waals surface area contributed by atoms with Gasteiger partial charge in [0.1, 0.15) is 5.54 Å². The Bertz CT molecular complexity index is 789. The summed E-state index contributed by atoms with van der Waals surface area (Å²) in [5.74, 6) is -1.13. The molecule has 2 aliphatic carbocycles. The van der Waals surface area contributed by atoms with Crippen LogP contribution in [-0.4, -0.2) is 22.5 Å². The molecule has 4 heteroatoms. The number of hydrogen-bond donors (Lipinski definition) is 2. The normalized spacial score (nSPS) is 30.2. The van der Waals surface area contributed by atoms with Gasteiger partial charge in [0.2, 0.25) is 0 Å². The second-order valence-electron chi connectivity index (χ2n) is 7.15. The lowest BCUT2D eigenvalue weighted by atomic mass is 9.69. The van der Waals surface area contributed by atoms with Crippen molar-refractivity contribution < 1.29 is 14.7 Å². The van der Waals surface area contributed by atoms with Crippen LogP contribution in [0.1, 0.15) is 41.1 Å². The summed E-state index contributed by atoms with van der Waals surface area (Å²) in [4.78, 5) is 25.2. The molecule has 2 bridgehead atoms. The van der Waals surface area contributed by atoms with Crippen LogP contribution in [0.25, 0.3) is 0 Å². The van der Waals surface area contributed by atoms with E-state index in [1.807, 2.05) is 36.4 Å². The van der Waals surface area contributed by atoms with Gasteiger partial charge in [-0.2, -0.15) is 0 Å². The number of carbonyl (C=O) groups is 2. The first kappa shape index (κ1) is 15.9. The number of rotatable bonds is 4. The van der Waals surface area contributed by atoms with Gasteiger partial charge in [-0.15, -0.1) is 0 Å². The van der Waals surface area contributed by atoms with Crippen molar-refractivity contribution in [1.29, 1.82) is 0 Å². The molecule has 0 aromatic heterocycles. The van der Waals surface area contributed by atoms with Crippen molar-refractivity contribution in [2.45, 2.75) is 30.7 Å². The molecule has 4 atom stereocenters. The predicted octanol–water partition coefficient (Wildman–Crippen LogP) is 3.45. The zero-order chi connectivity index (χ0) is 17.4. The van der Waals surface area contributed by atoms with E-state index in [4.69, 9.17) is 0 Å². The predicted molar refractivity (Wildman–Crippen MR) is 94.3 cm³/mol. The topological polar surface area (TPSA) is 66.4 Å². The zero-order valence-electron chi connectivity index (χ0n) is 13.9. The zero-order valence-corrected chi connectivity index (χ0v) is 13.9. The van der Waals surface area contributed by atoms with Crippen LogP contribution in [0.5, 0.6) is 0 Å². The first-order chi connectivity index (χ1) is 12.1. The van der Waals surface area contributed by atoms with Gasteiger partial charge in [0.05, 0.1) is 0 Å². The summed E-state index contributed by atoms with van der Waals surface area (Å²) < 4.78 is 0. The molecule has 0 radical (unpaired) electrons. The highest BCUT2D eigenvalue weighted by molar-refractivity contribution is 5.98. The standard InChI is InChI=1S/C21H21NO3/c23-19(15-9-5-2-6-10-15)22-21(20(24)25)17-12-11-16(13-17)18(21)14-7-3-1-4-8-14/h1-10,16-18H,11-13H2,(H,22,23)(H,24,25)/t16-,17+,18+,21-/m0/s1. The van der Waals surface area contributed by atoms with E-state index >= 15 is 0 Å². The number of hydrogen-bond acceptors (Lipinski definition) is 2. The number of aliphatic carboxylic acids is 1. The molecule has 2 N–H and O–H groups in total. The molecule has 0 saturated heterocycles. The lowest BCUT2D eigenvalue weighted by Gasteiger charge is -2.41. The van der Waals surface area contributed by atoms with Gasteiger partial charge in [-0.1, -0.05) is 48.5 Å². The highest BCUT2D eigenvalue weighted by atomic mass is 16.4. The van der Waals surface area contributed by atoms with E-state index < -0.39 is 11.5 Å². The van der Waals surface area contributed by atoms with E-state index in [0.29, 0.717) is 11.5 Å². The fourth-order valence-electron chi connectivity index (χ4n) is 4.94. The number of benzene rings is 2. The van der Waals surface area contributed by atoms with Gasteiger partial charge >= 0.3 is 5.97 Å². The van der Waals surface area contributed by atoms with E-state index in [9.17, 15) is 14.7 Å². The van der Waals surface area contributed by atoms with Gasteiger partial charge in [-0.3, -0.25) is 4.79 Å². The quantitative estimate of drug-likeness (QED) is 0.899. The molecular weight excluding hydrogens is 314 g/mol. The first-order valence-corrected chi connectivity index (χ1v) is 8.79. The molecule has 0 heterocycles. The number of carboxylic acids is 1. The monoisotopic (exact) mass is 335 g/mol. The number of nitrogens with one attached hydrogen (secondary N) is 1. The summed E-state index contributed by atoms with van der Waals surface area (Å²) >= 11 is 0. The average molecular weight is 335 g/mol.